The van der Waals surface area contributed by atoms with Crippen molar-refractivity contribution in [2.45, 2.75) is 13.3 Å². The Kier molecular flexibility index (Phi) is 4.70. The molecule has 140 valence electrons. The maximum absolute atomic E-state index is 12.0. The molecule has 0 atom stereocenters. The predicted molar refractivity (Wildman–Crippen MR) is 117 cm³/mol. The van der Waals surface area contributed by atoms with Crippen LogP contribution in [0, 0.1) is 0 Å². The molecular formula is C24H23N3O. The first kappa shape index (κ1) is 18.0. The third-order valence-corrected chi connectivity index (χ3v) is 5.20. The number of anilines is 3. The average Bonchev–Trinajstić information content (AvgIpc) is 2.76. The molecule has 0 unspecified atom stereocenters. The first-order valence-corrected chi connectivity index (χ1v) is 9.48. The summed E-state index contributed by atoms with van der Waals surface area (Å²) < 4.78 is 0. The van der Waals surface area contributed by atoms with Crippen molar-refractivity contribution in [2.24, 2.45) is 0 Å². The largest absolute Gasteiger partial charge is 0.344 e. The molecule has 1 amide bonds. The minimum absolute atomic E-state index is 0.104. The molecule has 0 fully saturated rings. The Hall–Kier alpha value is -3.40. The minimum Gasteiger partial charge on any atom is -0.344 e. The van der Waals surface area contributed by atoms with Crippen LogP contribution in [0.2, 0.25) is 0 Å². The number of carbonyl (C=O) groups is 1. The fraction of sp³-hybridized carbons (Fsp3) is 0.167. The fourth-order valence-corrected chi connectivity index (χ4v) is 3.59. The Morgan fingerprint density at radius 3 is 1.82 bits per heavy atom. The lowest BCUT2D eigenvalue weighted by Gasteiger charge is -2.24. The normalized spacial score (nSPS) is 11.0. The molecule has 3 aromatic carbocycles. The van der Waals surface area contributed by atoms with Gasteiger partial charge in [0.25, 0.3) is 0 Å². The van der Waals surface area contributed by atoms with Crippen LogP contribution in [-0.2, 0) is 4.79 Å². The molecule has 4 nitrogen and oxygen atoms in total. The van der Waals surface area contributed by atoms with Crippen LogP contribution in [0.3, 0.4) is 0 Å². The third-order valence-electron chi connectivity index (χ3n) is 5.20. The third kappa shape index (κ3) is 3.07. The molecular weight excluding hydrogens is 346 g/mol. The summed E-state index contributed by atoms with van der Waals surface area (Å²) >= 11 is 0. The summed E-state index contributed by atoms with van der Waals surface area (Å²) in [5.74, 6) is 0.104. The Labute approximate surface area is 165 Å². The van der Waals surface area contributed by atoms with Crippen molar-refractivity contribution in [2.75, 3.05) is 23.9 Å². The number of fused-ring (bicyclic) bond motifs is 2. The van der Waals surface area contributed by atoms with Crippen LogP contribution in [0.25, 0.3) is 21.8 Å². The summed E-state index contributed by atoms with van der Waals surface area (Å²) in [4.78, 5) is 20.7. The van der Waals surface area contributed by atoms with Crippen molar-refractivity contribution in [3.63, 3.8) is 0 Å². The summed E-state index contributed by atoms with van der Waals surface area (Å²) in [5.41, 5.74) is 5.05. The number of hydrogen-bond acceptors (Lipinski definition) is 3. The molecule has 4 heteroatoms. The summed E-state index contributed by atoms with van der Waals surface area (Å²) in [6.07, 6.45) is 0.493. The second kappa shape index (κ2) is 7.31. The van der Waals surface area contributed by atoms with Gasteiger partial charge >= 0.3 is 0 Å². The SMILES string of the molecule is CCC(=O)N(C)c1ccc(N(C)c2c3ccccc3nc3ccccc23)cc1. The van der Waals surface area contributed by atoms with Gasteiger partial charge in [0, 0.05) is 42.7 Å². The molecule has 4 aromatic rings. The van der Waals surface area contributed by atoms with Gasteiger partial charge in [-0.15, -0.1) is 0 Å². The molecule has 0 bridgehead atoms. The van der Waals surface area contributed by atoms with Crippen molar-refractivity contribution in [1.29, 1.82) is 0 Å². The molecule has 0 N–H and O–H groups in total. The van der Waals surface area contributed by atoms with Crippen molar-refractivity contribution < 1.29 is 4.79 Å². The first-order chi connectivity index (χ1) is 13.6. The van der Waals surface area contributed by atoms with Crippen LogP contribution in [0.1, 0.15) is 13.3 Å². The maximum Gasteiger partial charge on any atom is 0.226 e. The predicted octanol–water partition coefficient (Wildman–Crippen LogP) is 5.53. The number of nitrogens with zero attached hydrogens (tertiary/aromatic N) is 3. The van der Waals surface area contributed by atoms with Crippen LogP contribution >= 0.6 is 0 Å². The van der Waals surface area contributed by atoms with Gasteiger partial charge in [-0.2, -0.15) is 0 Å². The van der Waals surface area contributed by atoms with Gasteiger partial charge in [0.05, 0.1) is 16.7 Å². The molecule has 0 aliphatic carbocycles. The zero-order valence-corrected chi connectivity index (χ0v) is 16.4. The van der Waals surface area contributed by atoms with E-state index < -0.39 is 0 Å². The second-order valence-electron chi connectivity index (χ2n) is 6.88. The smallest absolute Gasteiger partial charge is 0.226 e. The number of aromatic nitrogens is 1. The highest BCUT2D eigenvalue weighted by molar-refractivity contribution is 6.09. The number of carbonyl (C=O) groups excluding carboxylic acids is 1. The van der Waals surface area contributed by atoms with E-state index in [1.807, 2.05) is 62.5 Å². The van der Waals surface area contributed by atoms with E-state index in [4.69, 9.17) is 4.98 Å². The molecule has 0 spiro atoms. The number of pyridine rings is 1. The van der Waals surface area contributed by atoms with Crippen LogP contribution in [0.5, 0.6) is 0 Å². The van der Waals surface area contributed by atoms with Crippen molar-refractivity contribution in [1.82, 2.24) is 4.98 Å². The maximum atomic E-state index is 12.0. The van der Waals surface area contributed by atoms with E-state index in [1.54, 1.807) is 4.90 Å². The lowest BCUT2D eigenvalue weighted by molar-refractivity contribution is -0.118. The minimum atomic E-state index is 0.104. The molecule has 0 aliphatic heterocycles. The molecule has 1 aromatic heterocycles. The lowest BCUT2D eigenvalue weighted by Crippen LogP contribution is -2.25. The number of amides is 1. The highest BCUT2D eigenvalue weighted by Gasteiger charge is 2.15. The fourth-order valence-electron chi connectivity index (χ4n) is 3.59. The number of rotatable bonds is 4. The van der Waals surface area contributed by atoms with Gasteiger partial charge in [-0.05, 0) is 36.4 Å². The summed E-state index contributed by atoms with van der Waals surface area (Å²) in [6.45, 7) is 1.88. The summed E-state index contributed by atoms with van der Waals surface area (Å²) in [7, 11) is 3.89. The highest BCUT2D eigenvalue weighted by Crippen LogP contribution is 2.37. The van der Waals surface area contributed by atoms with Crippen LogP contribution in [-0.4, -0.2) is 25.0 Å². The van der Waals surface area contributed by atoms with Crippen molar-refractivity contribution >= 4 is 44.8 Å². The molecule has 0 saturated heterocycles. The standard InChI is InChI=1S/C24H23N3O/c1-4-23(28)26(2)17-13-15-18(16-14-17)27(3)24-19-9-5-7-11-21(19)25-22-12-8-6-10-20(22)24/h5-16H,4H2,1-3H3. The van der Waals surface area contributed by atoms with Crippen LogP contribution < -0.4 is 9.80 Å². The van der Waals surface area contributed by atoms with Gasteiger partial charge in [0.1, 0.15) is 0 Å². The zero-order chi connectivity index (χ0) is 19.7. The van der Waals surface area contributed by atoms with Gasteiger partial charge in [-0.25, -0.2) is 4.98 Å². The Morgan fingerprint density at radius 2 is 1.29 bits per heavy atom. The van der Waals surface area contributed by atoms with E-state index in [-0.39, 0.29) is 5.91 Å². The van der Waals surface area contributed by atoms with Gasteiger partial charge < -0.3 is 9.80 Å². The number of benzene rings is 3. The van der Waals surface area contributed by atoms with E-state index in [1.165, 1.54) is 0 Å². The Morgan fingerprint density at radius 1 is 0.786 bits per heavy atom. The molecule has 0 radical (unpaired) electrons. The number of para-hydroxylation sites is 2. The van der Waals surface area contributed by atoms with Gasteiger partial charge in [0.2, 0.25) is 5.91 Å². The van der Waals surface area contributed by atoms with E-state index >= 15 is 0 Å². The monoisotopic (exact) mass is 369 g/mol. The Balaban J connectivity index is 1.82. The zero-order valence-electron chi connectivity index (χ0n) is 16.4. The van der Waals surface area contributed by atoms with E-state index in [2.05, 4.69) is 36.2 Å². The molecule has 0 aliphatic rings. The first-order valence-electron chi connectivity index (χ1n) is 9.48. The summed E-state index contributed by atoms with van der Waals surface area (Å²) in [5, 5.41) is 2.23. The van der Waals surface area contributed by atoms with Gasteiger partial charge in [0.15, 0.2) is 0 Å². The quantitative estimate of drug-likeness (QED) is 0.444. The molecule has 1 heterocycles. The Bertz CT molecular complexity index is 1100. The van der Waals surface area contributed by atoms with Crippen LogP contribution in [0.15, 0.2) is 72.8 Å². The van der Waals surface area contributed by atoms with Crippen molar-refractivity contribution in [3.05, 3.63) is 72.8 Å². The highest BCUT2D eigenvalue weighted by atomic mass is 16.2. The molecule has 4 rings (SSSR count). The summed E-state index contributed by atoms with van der Waals surface area (Å²) in [6, 6.07) is 24.5. The van der Waals surface area contributed by atoms with Gasteiger partial charge in [-0.1, -0.05) is 43.3 Å². The van der Waals surface area contributed by atoms with E-state index in [0.29, 0.717) is 6.42 Å². The second-order valence-corrected chi connectivity index (χ2v) is 6.88. The number of hydrogen-bond donors (Lipinski definition) is 0. The molecule has 28 heavy (non-hydrogen) atoms. The average molecular weight is 369 g/mol. The van der Waals surface area contributed by atoms with E-state index in [9.17, 15) is 4.79 Å². The van der Waals surface area contributed by atoms with E-state index in [0.717, 1.165) is 38.9 Å². The molecule has 0 saturated carbocycles. The van der Waals surface area contributed by atoms with Crippen molar-refractivity contribution in [3.8, 4) is 0 Å². The lowest BCUT2D eigenvalue weighted by atomic mass is 10.1. The van der Waals surface area contributed by atoms with Gasteiger partial charge in [-0.3, -0.25) is 4.79 Å². The van der Waals surface area contributed by atoms with Crippen LogP contribution in [0.4, 0.5) is 17.1 Å². The topological polar surface area (TPSA) is 36.4 Å².